The van der Waals surface area contributed by atoms with E-state index in [0.29, 0.717) is 49.2 Å². The van der Waals surface area contributed by atoms with Gasteiger partial charge in [0.15, 0.2) is 23.0 Å². The number of benzene rings is 2. The monoisotopic (exact) mass is 772 g/mol. The topological polar surface area (TPSA) is 185 Å². The number of likely N-dealkylation sites (tertiary alicyclic amines) is 2. The summed E-state index contributed by atoms with van der Waals surface area (Å²) in [6, 6.07) is 9.72. The lowest BCUT2D eigenvalue weighted by Crippen LogP contribution is -2.54. The van der Waals surface area contributed by atoms with Crippen LogP contribution >= 0.6 is 0 Å². The van der Waals surface area contributed by atoms with E-state index in [1.54, 1.807) is 0 Å². The van der Waals surface area contributed by atoms with Crippen LogP contribution in [0.2, 0.25) is 0 Å². The largest absolute Gasteiger partial charge is 0.453 e. The van der Waals surface area contributed by atoms with Crippen molar-refractivity contribution < 1.29 is 38.1 Å². The van der Waals surface area contributed by atoms with Gasteiger partial charge in [-0.2, -0.15) is 0 Å². The molecule has 0 aromatic heterocycles. The number of rotatable bonds is 10. The Hall–Kier alpha value is -5.54. The van der Waals surface area contributed by atoms with Gasteiger partial charge in [0.1, 0.15) is 23.8 Å². The van der Waals surface area contributed by atoms with Crippen molar-refractivity contribution in [3.05, 3.63) is 47.5 Å². The molecule has 300 valence electrons. The van der Waals surface area contributed by atoms with Crippen molar-refractivity contribution >= 4 is 35.7 Å². The van der Waals surface area contributed by atoms with Gasteiger partial charge in [-0.25, -0.2) is 9.59 Å². The van der Waals surface area contributed by atoms with Gasteiger partial charge < -0.3 is 50.0 Å². The SMILES string of the molecule is COC(=O)N[C@H](C(=O)N1CCC[C@H]1C1=NCC(c2ccc3c(c2)Oc2ccc(C4CN=C([C@@H]5CCCN5C(=O)[C@@H](NC(=O)OC)C(C)C)N4)cc2O3)N1)C(C)C. The second-order valence-corrected chi connectivity index (χ2v) is 15.6. The highest BCUT2D eigenvalue weighted by molar-refractivity contribution is 5.96. The van der Waals surface area contributed by atoms with E-state index in [-0.39, 0.29) is 47.8 Å². The molecule has 5 aliphatic heterocycles. The number of alkyl carbamates (subject to hydrolysis) is 2. The van der Waals surface area contributed by atoms with E-state index in [2.05, 4.69) is 21.3 Å². The highest BCUT2D eigenvalue weighted by Gasteiger charge is 2.41. The summed E-state index contributed by atoms with van der Waals surface area (Å²) in [5, 5.41) is 12.5. The summed E-state index contributed by atoms with van der Waals surface area (Å²) >= 11 is 0. The van der Waals surface area contributed by atoms with E-state index >= 15 is 0 Å². The van der Waals surface area contributed by atoms with Crippen molar-refractivity contribution in [3.8, 4) is 23.0 Å². The predicted molar refractivity (Wildman–Crippen MR) is 207 cm³/mol. The molecule has 2 saturated heterocycles. The number of nitrogens with zero attached hydrogens (tertiary/aromatic N) is 4. The number of hydrogen-bond donors (Lipinski definition) is 4. The zero-order valence-electron chi connectivity index (χ0n) is 32.8. The van der Waals surface area contributed by atoms with E-state index in [9.17, 15) is 19.2 Å². The first-order chi connectivity index (χ1) is 26.9. The van der Waals surface area contributed by atoms with Gasteiger partial charge in [0, 0.05) is 13.1 Å². The van der Waals surface area contributed by atoms with Crippen LogP contribution < -0.4 is 30.7 Å². The highest BCUT2D eigenvalue weighted by atomic mass is 16.6. The average molecular weight is 773 g/mol. The molecule has 5 heterocycles. The second-order valence-electron chi connectivity index (χ2n) is 15.6. The number of aliphatic imine (C=N–C) groups is 2. The van der Waals surface area contributed by atoms with Crippen LogP contribution in [0.1, 0.15) is 76.6 Å². The molecule has 0 saturated carbocycles. The average Bonchev–Trinajstić information content (AvgIpc) is 4.03. The molecule has 0 radical (unpaired) electrons. The standard InChI is InChI=1S/C40H52N8O8/c1-21(2)33(45-39(51)53-5)37(49)47-15-7-9-27(47)35-41-19-25(43-35)23-11-13-29-31(17-23)55-30-14-12-24(18-32(30)56-29)26-20-42-36(44-26)28-10-8-16-48(28)38(50)34(22(3)4)46-40(52)54-6/h11-14,17-18,21-22,25-28,33-34H,7-10,15-16,19-20H2,1-6H3,(H,41,43)(H,42,44)(H,45,51)(H,46,52)/t25?,26?,27-,28-,33-,34-/m0/s1. The molecule has 0 aliphatic carbocycles. The molecular formula is C40H52N8O8. The van der Waals surface area contributed by atoms with Crippen LogP contribution in [0.5, 0.6) is 23.0 Å². The third-order valence-corrected chi connectivity index (χ3v) is 11.2. The lowest BCUT2D eigenvalue weighted by molar-refractivity contribution is -0.135. The first kappa shape index (κ1) is 38.7. The fraction of sp³-hybridized carbons (Fsp3) is 0.550. The first-order valence-corrected chi connectivity index (χ1v) is 19.5. The van der Waals surface area contributed by atoms with Crippen LogP contribution in [0.25, 0.3) is 0 Å². The summed E-state index contributed by atoms with van der Waals surface area (Å²) in [5.41, 5.74) is 1.96. The van der Waals surface area contributed by atoms with Crippen molar-refractivity contribution in [2.75, 3.05) is 40.4 Å². The molecule has 2 unspecified atom stereocenters. The molecule has 6 atom stereocenters. The highest BCUT2D eigenvalue weighted by Crippen LogP contribution is 2.47. The lowest BCUT2D eigenvalue weighted by Gasteiger charge is -2.31. The number of amidine groups is 2. The number of amides is 4. The molecule has 2 aromatic rings. The van der Waals surface area contributed by atoms with Gasteiger partial charge in [0.05, 0.1) is 51.5 Å². The van der Waals surface area contributed by atoms with E-state index in [0.717, 1.165) is 48.5 Å². The minimum atomic E-state index is -0.695. The number of methoxy groups -OCH3 is 2. The van der Waals surface area contributed by atoms with E-state index in [1.807, 2.05) is 73.9 Å². The number of nitrogens with one attached hydrogen (secondary N) is 4. The number of fused-ring (bicyclic) bond motifs is 2. The molecule has 0 bridgehead atoms. The van der Waals surface area contributed by atoms with Gasteiger partial charge in [0.2, 0.25) is 11.8 Å². The summed E-state index contributed by atoms with van der Waals surface area (Å²) in [7, 11) is 2.57. The lowest BCUT2D eigenvalue weighted by atomic mass is 10.0. The minimum Gasteiger partial charge on any atom is -0.453 e. The van der Waals surface area contributed by atoms with Crippen molar-refractivity contribution in [2.24, 2.45) is 21.8 Å². The summed E-state index contributed by atoms with van der Waals surface area (Å²) in [4.78, 5) is 64.4. The Bertz CT molecular complexity index is 1780. The van der Waals surface area contributed by atoms with Crippen molar-refractivity contribution in [3.63, 3.8) is 0 Å². The van der Waals surface area contributed by atoms with Gasteiger partial charge in [-0.15, -0.1) is 0 Å². The normalized spacial score (nSPS) is 23.4. The Labute approximate surface area is 326 Å². The van der Waals surface area contributed by atoms with Crippen LogP contribution in [-0.2, 0) is 19.1 Å². The molecule has 2 fully saturated rings. The van der Waals surface area contributed by atoms with Crippen molar-refractivity contribution in [1.29, 1.82) is 0 Å². The summed E-state index contributed by atoms with van der Waals surface area (Å²) in [6.07, 6.45) is 2.00. The molecule has 4 N–H and O–H groups in total. The van der Waals surface area contributed by atoms with Crippen LogP contribution in [-0.4, -0.2) is 110 Å². The van der Waals surface area contributed by atoms with Gasteiger partial charge in [-0.1, -0.05) is 39.8 Å². The van der Waals surface area contributed by atoms with Gasteiger partial charge in [-0.05, 0) is 72.9 Å². The Morgan fingerprint density at radius 3 is 1.46 bits per heavy atom. The molecular weight excluding hydrogens is 720 g/mol. The third-order valence-electron chi connectivity index (χ3n) is 11.2. The maximum absolute atomic E-state index is 13.6. The smallest absolute Gasteiger partial charge is 0.407 e. The molecule has 0 spiro atoms. The van der Waals surface area contributed by atoms with Crippen LogP contribution in [0, 0.1) is 11.8 Å². The summed E-state index contributed by atoms with van der Waals surface area (Å²) < 4.78 is 22.2. The zero-order valence-corrected chi connectivity index (χ0v) is 32.8. The number of hydrogen-bond acceptors (Lipinski definition) is 12. The summed E-state index contributed by atoms with van der Waals surface area (Å²) in [6.45, 7) is 9.80. The zero-order chi connectivity index (χ0) is 39.7. The molecule has 16 heteroatoms. The Balaban J connectivity index is 0.967. The predicted octanol–water partition coefficient (Wildman–Crippen LogP) is 4.41. The van der Waals surface area contributed by atoms with Crippen molar-refractivity contribution in [1.82, 2.24) is 31.1 Å². The molecule has 16 nitrogen and oxygen atoms in total. The molecule has 2 aromatic carbocycles. The number of ether oxygens (including phenoxy) is 4. The third kappa shape index (κ3) is 7.78. The fourth-order valence-electron chi connectivity index (χ4n) is 8.13. The maximum Gasteiger partial charge on any atom is 0.407 e. The number of carbonyl (C=O) groups is 4. The van der Waals surface area contributed by atoms with E-state index < -0.39 is 24.3 Å². The maximum atomic E-state index is 13.6. The van der Waals surface area contributed by atoms with Crippen LogP contribution in [0.15, 0.2) is 46.4 Å². The van der Waals surface area contributed by atoms with Gasteiger partial charge in [-0.3, -0.25) is 19.6 Å². The van der Waals surface area contributed by atoms with E-state index in [4.69, 9.17) is 28.9 Å². The quantitative estimate of drug-likeness (QED) is 0.230. The molecule has 7 rings (SSSR count). The van der Waals surface area contributed by atoms with E-state index in [1.165, 1.54) is 14.2 Å². The fourth-order valence-corrected chi connectivity index (χ4v) is 8.13. The second kappa shape index (κ2) is 16.3. The van der Waals surface area contributed by atoms with Crippen LogP contribution in [0.4, 0.5) is 9.59 Å². The number of carbonyl (C=O) groups excluding carboxylic acids is 4. The Morgan fingerprint density at radius 2 is 1.09 bits per heavy atom. The summed E-state index contributed by atoms with van der Waals surface area (Å²) in [5.74, 6) is 3.42. The first-order valence-electron chi connectivity index (χ1n) is 19.5. The molecule has 5 aliphatic rings. The van der Waals surface area contributed by atoms with Crippen molar-refractivity contribution in [2.45, 2.75) is 89.6 Å². The molecule has 56 heavy (non-hydrogen) atoms. The van der Waals surface area contributed by atoms with Gasteiger partial charge >= 0.3 is 12.2 Å². The Morgan fingerprint density at radius 1 is 0.679 bits per heavy atom. The molecule has 4 amide bonds. The van der Waals surface area contributed by atoms with Gasteiger partial charge in [0.25, 0.3) is 0 Å². The minimum absolute atomic E-state index is 0.108. The Kier molecular flexibility index (Phi) is 11.3. The van der Waals surface area contributed by atoms with Crippen LogP contribution in [0.3, 0.4) is 0 Å².